The maximum Gasteiger partial charge on any atom is 0.294 e. The molecule has 0 aliphatic carbocycles. The summed E-state index contributed by atoms with van der Waals surface area (Å²) in [7, 11) is -2.33. The van der Waals surface area contributed by atoms with Crippen molar-refractivity contribution in [2.24, 2.45) is 7.05 Å². The van der Waals surface area contributed by atoms with E-state index in [2.05, 4.69) is 4.98 Å². The molecule has 0 saturated carbocycles. The molecule has 0 radical (unpaired) electrons. The van der Waals surface area contributed by atoms with Gasteiger partial charge in [-0.05, 0) is 12.1 Å². The van der Waals surface area contributed by atoms with Crippen LogP contribution in [0.2, 0.25) is 0 Å². The Bertz CT molecular complexity index is 586. The van der Waals surface area contributed by atoms with E-state index in [-0.39, 0.29) is 4.90 Å². The summed E-state index contributed by atoms with van der Waals surface area (Å²) >= 11 is 0. The Morgan fingerprint density at radius 2 is 2.14 bits per heavy atom. The summed E-state index contributed by atoms with van der Waals surface area (Å²) in [6.07, 6.45) is 1.71. The van der Waals surface area contributed by atoms with Crippen LogP contribution in [0.3, 0.4) is 0 Å². The number of rotatable bonds is 1. The third kappa shape index (κ3) is 1.38. The molecule has 1 aromatic heterocycles. The first-order chi connectivity index (χ1) is 6.48. The molecule has 0 fully saturated rings. The van der Waals surface area contributed by atoms with Crippen LogP contribution in [0.1, 0.15) is 0 Å². The van der Waals surface area contributed by atoms with Crippen molar-refractivity contribution in [3.63, 3.8) is 0 Å². The zero-order valence-electron chi connectivity index (χ0n) is 7.43. The molecule has 1 heterocycles. The second-order valence-electron chi connectivity index (χ2n) is 3.04. The average molecular weight is 213 g/mol. The third-order valence-corrected chi connectivity index (χ3v) is 2.91. The molecule has 2 aromatic rings. The lowest BCUT2D eigenvalue weighted by molar-refractivity contribution is -0.644. The molecular formula is C8H9N2O3S+. The third-order valence-electron chi connectivity index (χ3n) is 2.06. The smallest absolute Gasteiger partial charge is 0.282 e. The molecule has 74 valence electrons. The number of aromatic nitrogens is 2. The van der Waals surface area contributed by atoms with Gasteiger partial charge in [-0.2, -0.15) is 8.42 Å². The highest BCUT2D eigenvalue weighted by Gasteiger charge is 2.13. The average Bonchev–Trinajstić information content (AvgIpc) is 2.46. The quantitative estimate of drug-likeness (QED) is 0.526. The van der Waals surface area contributed by atoms with Crippen LogP contribution in [0.25, 0.3) is 11.0 Å². The summed E-state index contributed by atoms with van der Waals surface area (Å²) in [6, 6.07) is 4.38. The number of aryl methyl sites for hydroxylation is 1. The summed E-state index contributed by atoms with van der Waals surface area (Å²) in [5.74, 6) is 0. The molecule has 2 rings (SSSR count). The molecule has 0 saturated heterocycles. The number of H-pyrrole nitrogens is 1. The zero-order chi connectivity index (χ0) is 10.3. The van der Waals surface area contributed by atoms with E-state index in [9.17, 15) is 8.42 Å². The standard InChI is InChI=1S/C8H8N2O3S/c1-10-5-9-7-3-2-6(4-8(7)10)14(11,12)13/h2-5H,1H3,(H,11,12,13)/p+1. The predicted octanol–water partition coefficient (Wildman–Crippen LogP) is 0.239. The summed E-state index contributed by atoms with van der Waals surface area (Å²) in [5, 5.41) is 0. The van der Waals surface area contributed by atoms with Crippen molar-refractivity contribution in [1.82, 2.24) is 4.98 Å². The number of hydrogen-bond donors (Lipinski definition) is 2. The number of aromatic amines is 1. The maximum atomic E-state index is 10.8. The van der Waals surface area contributed by atoms with Crippen molar-refractivity contribution in [3.8, 4) is 0 Å². The van der Waals surface area contributed by atoms with Crippen LogP contribution in [-0.4, -0.2) is 18.0 Å². The second kappa shape index (κ2) is 2.79. The molecule has 0 spiro atoms. The Hall–Kier alpha value is -1.40. The van der Waals surface area contributed by atoms with Crippen LogP contribution < -0.4 is 4.57 Å². The van der Waals surface area contributed by atoms with E-state index >= 15 is 0 Å². The molecule has 14 heavy (non-hydrogen) atoms. The number of nitrogens with zero attached hydrogens (tertiary/aromatic N) is 1. The topological polar surface area (TPSA) is 74.0 Å². The lowest BCUT2D eigenvalue weighted by Crippen LogP contribution is -2.24. The summed E-state index contributed by atoms with van der Waals surface area (Å²) in [4.78, 5) is 2.86. The SMILES string of the molecule is C[n+]1c[nH]c2ccc(S(=O)(=O)O)cc21. The normalized spacial score (nSPS) is 12.1. The number of hydrogen-bond acceptors (Lipinski definition) is 2. The molecule has 0 bridgehead atoms. The lowest BCUT2D eigenvalue weighted by atomic mass is 10.3. The van der Waals surface area contributed by atoms with Gasteiger partial charge in [0.25, 0.3) is 10.1 Å². The van der Waals surface area contributed by atoms with Crippen molar-refractivity contribution in [2.45, 2.75) is 4.90 Å². The summed E-state index contributed by atoms with van der Waals surface area (Å²) < 4.78 is 32.3. The van der Waals surface area contributed by atoms with E-state index in [4.69, 9.17) is 4.55 Å². The van der Waals surface area contributed by atoms with E-state index in [0.717, 1.165) is 11.0 Å². The first kappa shape index (κ1) is 9.17. The number of imidazole rings is 1. The van der Waals surface area contributed by atoms with Crippen LogP contribution in [0.4, 0.5) is 0 Å². The van der Waals surface area contributed by atoms with Gasteiger partial charge in [0.05, 0.1) is 11.9 Å². The van der Waals surface area contributed by atoms with Gasteiger partial charge in [-0.1, -0.05) is 0 Å². The van der Waals surface area contributed by atoms with E-state index in [1.54, 1.807) is 24.0 Å². The Kier molecular flexibility index (Phi) is 1.83. The second-order valence-corrected chi connectivity index (χ2v) is 4.46. The highest BCUT2D eigenvalue weighted by molar-refractivity contribution is 7.85. The van der Waals surface area contributed by atoms with Gasteiger partial charge < -0.3 is 0 Å². The minimum absolute atomic E-state index is 0.0970. The summed E-state index contributed by atoms with van der Waals surface area (Å²) in [6.45, 7) is 0. The fourth-order valence-electron chi connectivity index (χ4n) is 1.32. The molecule has 0 aliphatic heterocycles. The first-order valence-electron chi connectivity index (χ1n) is 3.93. The van der Waals surface area contributed by atoms with Crippen LogP contribution in [-0.2, 0) is 17.2 Å². The van der Waals surface area contributed by atoms with Gasteiger partial charge in [0.1, 0.15) is 0 Å². The van der Waals surface area contributed by atoms with Crippen LogP contribution in [0.15, 0.2) is 29.4 Å². The molecule has 2 N–H and O–H groups in total. The first-order valence-corrected chi connectivity index (χ1v) is 5.37. The van der Waals surface area contributed by atoms with Crippen molar-refractivity contribution in [3.05, 3.63) is 24.5 Å². The van der Waals surface area contributed by atoms with E-state index < -0.39 is 10.1 Å². The van der Waals surface area contributed by atoms with E-state index in [0.29, 0.717) is 0 Å². The van der Waals surface area contributed by atoms with Crippen LogP contribution >= 0.6 is 0 Å². The molecule has 0 amide bonds. The largest absolute Gasteiger partial charge is 0.294 e. The van der Waals surface area contributed by atoms with Gasteiger partial charge >= 0.3 is 0 Å². The molecule has 6 heteroatoms. The molecule has 0 aliphatic rings. The minimum atomic E-state index is -4.12. The number of nitrogens with one attached hydrogen (secondary N) is 1. The van der Waals surface area contributed by atoms with Gasteiger partial charge in [0.15, 0.2) is 11.0 Å². The minimum Gasteiger partial charge on any atom is -0.282 e. The molecule has 0 atom stereocenters. The van der Waals surface area contributed by atoms with Gasteiger partial charge in [-0.25, -0.2) is 9.55 Å². The van der Waals surface area contributed by atoms with E-state index in [1.165, 1.54) is 12.1 Å². The fourth-order valence-corrected chi connectivity index (χ4v) is 1.82. The predicted molar refractivity (Wildman–Crippen MR) is 49.3 cm³/mol. The Labute approximate surface area is 80.7 Å². The van der Waals surface area contributed by atoms with Crippen molar-refractivity contribution in [2.75, 3.05) is 0 Å². The monoisotopic (exact) mass is 213 g/mol. The zero-order valence-corrected chi connectivity index (χ0v) is 8.25. The highest BCUT2D eigenvalue weighted by Crippen LogP contribution is 2.14. The highest BCUT2D eigenvalue weighted by atomic mass is 32.2. The van der Waals surface area contributed by atoms with Gasteiger partial charge in [0, 0.05) is 6.07 Å². The van der Waals surface area contributed by atoms with Gasteiger partial charge in [0.2, 0.25) is 6.33 Å². The molecule has 1 aromatic carbocycles. The Balaban J connectivity index is 2.79. The maximum absolute atomic E-state index is 10.8. The molecular weight excluding hydrogens is 204 g/mol. The van der Waals surface area contributed by atoms with Crippen molar-refractivity contribution < 1.29 is 17.5 Å². The summed E-state index contributed by atoms with van der Waals surface area (Å²) in [5.41, 5.74) is 1.54. The Morgan fingerprint density at radius 1 is 1.43 bits per heavy atom. The number of fused-ring (bicyclic) bond motifs is 1. The Morgan fingerprint density at radius 3 is 2.79 bits per heavy atom. The number of benzene rings is 1. The van der Waals surface area contributed by atoms with Crippen molar-refractivity contribution in [1.29, 1.82) is 0 Å². The van der Waals surface area contributed by atoms with Gasteiger partial charge in [-0.15, -0.1) is 0 Å². The fraction of sp³-hybridized carbons (Fsp3) is 0.125. The van der Waals surface area contributed by atoms with E-state index in [1.807, 2.05) is 0 Å². The molecule has 5 nitrogen and oxygen atoms in total. The van der Waals surface area contributed by atoms with Crippen molar-refractivity contribution >= 4 is 21.2 Å². The molecule has 0 unspecified atom stereocenters. The van der Waals surface area contributed by atoms with Crippen LogP contribution in [0, 0.1) is 0 Å². The van der Waals surface area contributed by atoms with Gasteiger partial charge in [-0.3, -0.25) is 4.55 Å². The van der Waals surface area contributed by atoms with Crippen LogP contribution in [0.5, 0.6) is 0 Å². The lowest BCUT2D eigenvalue weighted by Gasteiger charge is -1.94.